The highest BCUT2D eigenvalue weighted by Crippen LogP contribution is 2.12. The van der Waals surface area contributed by atoms with Gasteiger partial charge >= 0.3 is 0 Å². The van der Waals surface area contributed by atoms with E-state index < -0.39 is 5.91 Å². The van der Waals surface area contributed by atoms with Crippen molar-refractivity contribution in [3.8, 4) is 5.69 Å². The van der Waals surface area contributed by atoms with Gasteiger partial charge < -0.3 is 0 Å². The molecule has 2 heterocycles. The third kappa shape index (κ3) is 2.28. The van der Waals surface area contributed by atoms with Gasteiger partial charge in [0.1, 0.15) is 18.3 Å². The SMILES string of the molecule is NNC(=O)Cn1cnc2c(cnn2-c2ccccc2)c1=O. The quantitative estimate of drug-likeness (QED) is 0.385. The summed E-state index contributed by atoms with van der Waals surface area (Å²) in [6, 6.07) is 9.36. The fraction of sp³-hybridized carbons (Fsp3) is 0.0769. The minimum Gasteiger partial charge on any atom is -0.293 e. The Hall–Kier alpha value is -3.00. The van der Waals surface area contributed by atoms with E-state index >= 15 is 0 Å². The Kier molecular flexibility index (Phi) is 3.20. The number of aromatic nitrogens is 4. The molecule has 21 heavy (non-hydrogen) atoms. The first-order valence-electron chi connectivity index (χ1n) is 6.19. The standard InChI is InChI=1S/C13H12N6O2/c14-17-11(20)7-18-8-15-12-10(13(18)21)6-16-19(12)9-4-2-1-3-5-9/h1-6,8H,7,14H2,(H,17,20). The summed E-state index contributed by atoms with van der Waals surface area (Å²) in [6.45, 7) is -0.186. The van der Waals surface area contributed by atoms with Crippen molar-refractivity contribution in [3.63, 3.8) is 0 Å². The minimum absolute atomic E-state index is 0.186. The lowest BCUT2D eigenvalue weighted by Gasteiger charge is -2.05. The first kappa shape index (κ1) is 13.0. The molecule has 0 aliphatic rings. The number of nitrogens with zero attached hydrogens (tertiary/aromatic N) is 4. The Morgan fingerprint density at radius 3 is 2.76 bits per heavy atom. The average Bonchev–Trinajstić information content (AvgIpc) is 2.95. The molecule has 0 aliphatic carbocycles. The molecular weight excluding hydrogens is 272 g/mol. The second-order valence-electron chi connectivity index (χ2n) is 4.37. The molecule has 8 nitrogen and oxygen atoms in total. The van der Waals surface area contributed by atoms with Crippen LogP contribution in [0.2, 0.25) is 0 Å². The molecule has 0 bridgehead atoms. The molecule has 2 aromatic heterocycles. The van der Waals surface area contributed by atoms with Gasteiger partial charge in [-0.15, -0.1) is 0 Å². The lowest BCUT2D eigenvalue weighted by molar-refractivity contribution is -0.121. The molecule has 3 rings (SSSR count). The Labute approximate surface area is 118 Å². The van der Waals surface area contributed by atoms with E-state index in [0.29, 0.717) is 11.0 Å². The van der Waals surface area contributed by atoms with Crippen molar-refractivity contribution in [2.75, 3.05) is 0 Å². The molecule has 8 heteroatoms. The molecule has 0 unspecified atom stereocenters. The number of benzene rings is 1. The van der Waals surface area contributed by atoms with E-state index in [1.54, 1.807) is 4.68 Å². The van der Waals surface area contributed by atoms with Crippen molar-refractivity contribution in [1.82, 2.24) is 24.8 Å². The number of hydrazine groups is 1. The van der Waals surface area contributed by atoms with Crippen LogP contribution in [0.1, 0.15) is 0 Å². The molecular formula is C13H12N6O2. The second-order valence-corrected chi connectivity index (χ2v) is 4.37. The van der Waals surface area contributed by atoms with E-state index in [9.17, 15) is 9.59 Å². The molecule has 1 aromatic carbocycles. The maximum atomic E-state index is 12.3. The van der Waals surface area contributed by atoms with Crippen LogP contribution in [0.15, 0.2) is 47.7 Å². The van der Waals surface area contributed by atoms with E-state index in [1.165, 1.54) is 17.1 Å². The molecule has 1 amide bonds. The lowest BCUT2D eigenvalue weighted by atomic mass is 10.3. The first-order chi connectivity index (χ1) is 10.2. The molecule has 3 N–H and O–H groups in total. The number of amides is 1. The second kappa shape index (κ2) is 5.17. The summed E-state index contributed by atoms with van der Waals surface area (Å²) >= 11 is 0. The maximum absolute atomic E-state index is 12.3. The van der Waals surface area contributed by atoms with Crippen LogP contribution in [0.4, 0.5) is 0 Å². The Bertz CT molecular complexity index is 852. The van der Waals surface area contributed by atoms with Gasteiger partial charge in [-0.1, -0.05) is 18.2 Å². The van der Waals surface area contributed by atoms with Gasteiger partial charge in [-0.3, -0.25) is 19.6 Å². The summed E-state index contributed by atoms with van der Waals surface area (Å²) < 4.78 is 2.76. The van der Waals surface area contributed by atoms with Gasteiger partial charge in [0.15, 0.2) is 5.65 Å². The highest BCUT2D eigenvalue weighted by atomic mass is 16.2. The van der Waals surface area contributed by atoms with Crippen LogP contribution in [0.5, 0.6) is 0 Å². The summed E-state index contributed by atoms with van der Waals surface area (Å²) in [7, 11) is 0. The van der Waals surface area contributed by atoms with Gasteiger partial charge in [-0.05, 0) is 12.1 Å². The van der Waals surface area contributed by atoms with Crippen molar-refractivity contribution in [3.05, 3.63) is 53.2 Å². The van der Waals surface area contributed by atoms with E-state index in [0.717, 1.165) is 5.69 Å². The molecule has 3 aromatic rings. The summed E-state index contributed by atoms with van der Waals surface area (Å²) in [5, 5.41) is 4.52. The van der Waals surface area contributed by atoms with Crippen LogP contribution in [-0.2, 0) is 11.3 Å². The first-order valence-corrected chi connectivity index (χ1v) is 6.19. The number of hydrogen-bond acceptors (Lipinski definition) is 5. The normalized spacial score (nSPS) is 10.7. The molecule has 0 fully saturated rings. The van der Waals surface area contributed by atoms with Crippen LogP contribution in [0.3, 0.4) is 0 Å². The number of para-hydroxylation sites is 1. The molecule has 0 atom stereocenters. The molecule has 0 spiro atoms. The monoisotopic (exact) mass is 284 g/mol. The number of fused-ring (bicyclic) bond motifs is 1. The fourth-order valence-electron chi connectivity index (χ4n) is 2.02. The molecule has 0 saturated carbocycles. The number of hydrogen-bond donors (Lipinski definition) is 2. The van der Waals surface area contributed by atoms with Crippen molar-refractivity contribution < 1.29 is 4.79 Å². The largest absolute Gasteiger partial charge is 0.293 e. The Morgan fingerprint density at radius 2 is 2.05 bits per heavy atom. The zero-order valence-electron chi connectivity index (χ0n) is 10.9. The Morgan fingerprint density at radius 1 is 1.29 bits per heavy atom. The summed E-state index contributed by atoms with van der Waals surface area (Å²) in [5.74, 6) is 4.53. The van der Waals surface area contributed by atoms with Gasteiger partial charge in [0, 0.05) is 0 Å². The number of nitrogens with two attached hydrogens (primary N) is 1. The highest BCUT2D eigenvalue weighted by molar-refractivity contribution is 5.77. The minimum atomic E-state index is -0.478. The van der Waals surface area contributed by atoms with Crippen molar-refractivity contribution in [2.24, 2.45) is 5.84 Å². The van der Waals surface area contributed by atoms with E-state index in [1.807, 2.05) is 35.8 Å². The third-order valence-electron chi connectivity index (χ3n) is 3.03. The lowest BCUT2D eigenvalue weighted by Crippen LogP contribution is -2.36. The van der Waals surface area contributed by atoms with Crippen LogP contribution < -0.4 is 16.8 Å². The summed E-state index contributed by atoms with van der Waals surface area (Å²) in [6.07, 6.45) is 2.75. The zero-order chi connectivity index (χ0) is 14.8. The van der Waals surface area contributed by atoms with Gasteiger partial charge in [-0.25, -0.2) is 15.5 Å². The molecule has 106 valence electrons. The number of nitrogens with one attached hydrogen (secondary N) is 1. The van der Waals surface area contributed by atoms with Crippen molar-refractivity contribution in [1.29, 1.82) is 0 Å². The van der Waals surface area contributed by atoms with Crippen LogP contribution in [0.25, 0.3) is 16.7 Å². The van der Waals surface area contributed by atoms with Gasteiger partial charge in [0.25, 0.3) is 11.5 Å². The fourth-order valence-corrected chi connectivity index (χ4v) is 2.02. The third-order valence-corrected chi connectivity index (χ3v) is 3.03. The number of carbonyl (C=O) groups excluding carboxylic acids is 1. The van der Waals surface area contributed by atoms with Gasteiger partial charge in [-0.2, -0.15) is 5.10 Å². The highest BCUT2D eigenvalue weighted by Gasteiger charge is 2.12. The molecule has 0 aliphatic heterocycles. The van der Waals surface area contributed by atoms with Gasteiger partial charge in [0.2, 0.25) is 0 Å². The zero-order valence-corrected chi connectivity index (χ0v) is 10.9. The average molecular weight is 284 g/mol. The number of carbonyl (C=O) groups is 1. The molecule has 0 radical (unpaired) electrons. The summed E-state index contributed by atoms with van der Waals surface area (Å²) in [4.78, 5) is 27.7. The van der Waals surface area contributed by atoms with E-state index in [4.69, 9.17) is 5.84 Å². The smallest absolute Gasteiger partial charge is 0.264 e. The predicted octanol–water partition coefficient (Wildman–Crippen LogP) is -0.428. The van der Waals surface area contributed by atoms with Gasteiger partial charge in [0.05, 0.1) is 11.9 Å². The predicted molar refractivity (Wildman–Crippen MR) is 75.5 cm³/mol. The van der Waals surface area contributed by atoms with Crippen LogP contribution in [-0.4, -0.2) is 25.2 Å². The van der Waals surface area contributed by atoms with E-state index in [2.05, 4.69) is 10.1 Å². The van der Waals surface area contributed by atoms with E-state index in [-0.39, 0.29) is 12.1 Å². The van der Waals surface area contributed by atoms with Crippen LogP contribution >= 0.6 is 0 Å². The van der Waals surface area contributed by atoms with Crippen molar-refractivity contribution in [2.45, 2.75) is 6.54 Å². The molecule has 0 saturated heterocycles. The topological polar surface area (TPSA) is 108 Å². The van der Waals surface area contributed by atoms with Crippen LogP contribution in [0, 0.1) is 0 Å². The maximum Gasteiger partial charge on any atom is 0.264 e. The summed E-state index contributed by atoms with van der Waals surface area (Å²) in [5.41, 5.74) is 2.87. The Balaban J connectivity index is 2.11. The number of rotatable bonds is 3. The van der Waals surface area contributed by atoms with Crippen molar-refractivity contribution >= 4 is 16.9 Å².